The zero-order valence-electron chi connectivity index (χ0n) is 15.0. The highest BCUT2D eigenvalue weighted by molar-refractivity contribution is 6.08. The number of para-hydroxylation sites is 1. The molecule has 4 rings (SSSR count). The molecule has 0 saturated heterocycles. The molecule has 0 aliphatic heterocycles. The Hall–Kier alpha value is -2.30. The molecule has 1 N–H and O–H groups in total. The summed E-state index contributed by atoms with van der Waals surface area (Å²) in [4.78, 5) is 4.07. The molecule has 136 valence electrons. The lowest BCUT2D eigenvalue weighted by Crippen LogP contribution is -3.00. The molecule has 0 aliphatic rings. The largest absolute Gasteiger partial charge is 1.00 e. The van der Waals surface area contributed by atoms with Crippen molar-refractivity contribution in [3.63, 3.8) is 0 Å². The van der Waals surface area contributed by atoms with Gasteiger partial charge in [0.15, 0.2) is 0 Å². The number of aryl methyl sites for hydroxylation is 2. The van der Waals surface area contributed by atoms with Crippen LogP contribution in [-0.4, -0.2) is 20.7 Å². The van der Waals surface area contributed by atoms with Crippen molar-refractivity contribution in [2.75, 3.05) is 6.54 Å². The molecule has 0 aliphatic carbocycles. The van der Waals surface area contributed by atoms with Crippen LogP contribution in [0.3, 0.4) is 0 Å². The van der Waals surface area contributed by atoms with E-state index >= 15 is 0 Å². The van der Waals surface area contributed by atoms with Crippen LogP contribution in [0.2, 0.25) is 0 Å². The molecule has 0 fully saturated rings. The molecule has 2 heterocycles. The van der Waals surface area contributed by atoms with Gasteiger partial charge in [0, 0.05) is 53.8 Å². The van der Waals surface area contributed by atoms with Crippen molar-refractivity contribution in [2.45, 2.75) is 33.0 Å². The lowest BCUT2D eigenvalue weighted by Gasteiger charge is -2.07. The summed E-state index contributed by atoms with van der Waals surface area (Å²) in [6.07, 6.45) is 6.82. The summed E-state index contributed by atoms with van der Waals surface area (Å²) in [7, 11) is 0. The summed E-state index contributed by atoms with van der Waals surface area (Å²) in [5.74, 6) is 0. The molecule has 5 heteroatoms. The van der Waals surface area contributed by atoms with Gasteiger partial charge in [-0.1, -0.05) is 24.3 Å². The van der Waals surface area contributed by atoms with Crippen molar-refractivity contribution >= 4 is 21.8 Å². The summed E-state index contributed by atoms with van der Waals surface area (Å²) in [6, 6.07) is 15.5. The van der Waals surface area contributed by atoms with Gasteiger partial charge in [-0.2, -0.15) is 0 Å². The minimum absolute atomic E-state index is 0. The minimum Gasteiger partial charge on any atom is -1.00 e. The second-order valence-corrected chi connectivity index (χ2v) is 6.44. The first-order valence-corrected chi connectivity index (χ1v) is 9.03. The monoisotopic (exact) mass is 367 g/mol. The van der Waals surface area contributed by atoms with Crippen molar-refractivity contribution in [1.29, 1.82) is 0 Å². The summed E-state index contributed by atoms with van der Waals surface area (Å²) >= 11 is 0. The maximum Gasteiger partial charge on any atom is 0.0945 e. The lowest BCUT2D eigenvalue weighted by molar-refractivity contribution is -0.00000512. The van der Waals surface area contributed by atoms with Gasteiger partial charge in [0.2, 0.25) is 0 Å². The Labute approximate surface area is 160 Å². The van der Waals surface area contributed by atoms with Crippen molar-refractivity contribution in [3.05, 3.63) is 66.7 Å². The molecular formula is C21H24ClN4-. The second-order valence-electron chi connectivity index (χ2n) is 6.44. The van der Waals surface area contributed by atoms with E-state index in [1.54, 1.807) is 0 Å². The molecule has 0 atom stereocenters. The Morgan fingerprint density at radius 2 is 1.88 bits per heavy atom. The Bertz CT molecular complexity index is 972. The van der Waals surface area contributed by atoms with Gasteiger partial charge in [-0.25, -0.2) is 4.98 Å². The standard InChI is InChI=1S/C21H24N4.ClH/c1-2-25-20-7-4-3-6-18(20)19-14-17(8-9-21(19)25)15-22-10-5-12-24-13-11-23-16-24;/h3-4,6-9,11,13-14,16,22H,2,5,10,12,15H2,1H3;1H/p-1. The van der Waals surface area contributed by atoms with Crippen LogP contribution in [0.15, 0.2) is 61.2 Å². The van der Waals surface area contributed by atoms with Crippen LogP contribution in [0.5, 0.6) is 0 Å². The number of benzene rings is 2. The molecule has 2 aromatic heterocycles. The van der Waals surface area contributed by atoms with Gasteiger partial charge in [-0.05, 0) is 43.7 Å². The van der Waals surface area contributed by atoms with Gasteiger partial charge < -0.3 is 26.9 Å². The van der Waals surface area contributed by atoms with Crippen LogP contribution >= 0.6 is 0 Å². The number of rotatable bonds is 7. The summed E-state index contributed by atoms with van der Waals surface area (Å²) in [5.41, 5.74) is 3.99. The number of nitrogens with one attached hydrogen (secondary N) is 1. The predicted molar refractivity (Wildman–Crippen MR) is 104 cm³/mol. The van der Waals surface area contributed by atoms with Crippen LogP contribution in [0.1, 0.15) is 18.9 Å². The zero-order valence-corrected chi connectivity index (χ0v) is 15.8. The van der Waals surface area contributed by atoms with E-state index in [1.165, 1.54) is 27.4 Å². The van der Waals surface area contributed by atoms with Crippen LogP contribution < -0.4 is 17.7 Å². The molecule has 0 unspecified atom stereocenters. The third-order valence-electron chi connectivity index (χ3n) is 4.81. The maximum absolute atomic E-state index is 4.07. The molecular weight excluding hydrogens is 344 g/mol. The molecule has 0 bridgehead atoms. The zero-order chi connectivity index (χ0) is 17.1. The number of hydrogen-bond acceptors (Lipinski definition) is 2. The first kappa shape index (κ1) is 18.5. The Morgan fingerprint density at radius 1 is 1.04 bits per heavy atom. The first-order valence-electron chi connectivity index (χ1n) is 9.03. The molecule has 0 spiro atoms. The Morgan fingerprint density at radius 3 is 2.69 bits per heavy atom. The van der Waals surface area contributed by atoms with Gasteiger partial charge in [0.1, 0.15) is 0 Å². The van der Waals surface area contributed by atoms with Crippen LogP contribution in [0, 0.1) is 0 Å². The van der Waals surface area contributed by atoms with E-state index in [2.05, 4.69) is 68.8 Å². The van der Waals surface area contributed by atoms with Crippen LogP contribution in [0.4, 0.5) is 0 Å². The molecule has 26 heavy (non-hydrogen) atoms. The highest BCUT2D eigenvalue weighted by Gasteiger charge is 2.09. The summed E-state index contributed by atoms with van der Waals surface area (Å²) in [6.45, 7) is 6.13. The first-order chi connectivity index (χ1) is 12.4. The van der Waals surface area contributed by atoms with E-state index in [1.807, 2.05) is 18.7 Å². The minimum atomic E-state index is 0. The van der Waals surface area contributed by atoms with E-state index in [0.29, 0.717) is 0 Å². The smallest absolute Gasteiger partial charge is 0.0945 e. The normalized spacial score (nSPS) is 11.1. The Balaban J connectivity index is 0.00000196. The number of imidazole rings is 1. The highest BCUT2D eigenvalue weighted by Crippen LogP contribution is 2.29. The number of hydrogen-bond donors (Lipinski definition) is 1. The van der Waals surface area contributed by atoms with Gasteiger partial charge in [-0.15, -0.1) is 0 Å². The van der Waals surface area contributed by atoms with Gasteiger partial charge in [-0.3, -0.25) is 0 Å². The van der Waals surface area contributed by atoms with E-state index < -0.39 is 0 Å². The SMILES string of the molecule is CCn1c2ccccc2c2cc(CNCCCn3ccnc3)ccc21.[Cl-]. The van der Waals surface area contributed by atoms with Gasteiger partial charge in [0.25, 0.3) is 0 Å². The second kappa shape index (κ2) is 8.39. The fourth-order valence-corrected chi connectivity index (χ4v) is 3.59. The topological polar surface area (TPSA) is 34.8 Å². The number of aromatic nitrogens is 3. The molecule has 2 aromatic carbocycles. The van der Waals surface area contributed by atoms with Crippen molar-refractivity contribution in [1.82, 2.24) is 19.4 Å². The van der Waals surface area contributed by atoms with Crippen LogP contribution in [0.25, 0.3) is 21.8 Å². The lowest BCUT2D eigenvalue weighted by atomic mass is 10.1. The van der Waals surface area contributed by atoms with Gasteiger partial charge >= 0.3 is 0 Å². The van der Waals surface area contributed by atoms with E-state index in [9.17, 15) is 0 Å². The average Bonchev–Trinajstić information content (AvgIpc) is 3.27. The number of fused-ring (bicyclic) bond motifs is 3. The third kappa shape index (κ3) is 3.62. The average molecular weight is 368 g/mol. The fourth-order valence-electron chi connectivity index (χ4n) is 3.59. The summed E-state index contributed by atoms with van der Waals surface area (Å²) in [5, 5.41) is 6.26. The third-order valence-corrected chi connectivity index (χ3v) is 4.81. The van der Waals surface area contributed by atoms with Gasteiger partial charge in [0.05, 0.1) is 6.33 Å². The molecule has 0 radical (unpaired) electrons. The van der Waals surface area contributed by atoms with Crippen molar-refractivity contribution < 1.29 is 12.4 Å². The molecule has 0 saturated carbocycles. The van der Waals surface area contributed by atoms with E-state index in [0.717, 1.165) is 32.6 Å². The number of halogens is 1. The molecule has 4 nitrogen and oxygen atoms in total. The van der Waals surface area contributed by atoms with E-state index in [-0.39, 0.29) is 12.4 Å². The van der Waals surface area contributed by atoms with Crippen molar-refractivity contribution in [3.8, 4) is 0 Å². The van der Waals surface area contributed by atoms with Crippen LogP contribution in [-0.2, 0) is 19.6 Å². The fraction of sp³-hybridized carbons (Fsp3) is 0.286. The predicted octanol–water partition coefficient (Wildman–Crippen LogP) is 1.19. The highest BCUT2D eigenvalue weighted by atomic mass is 35.5. The van der Waals surface area contributed by atoms with E-state index in [4.69, 9.17) is 0 Å². The van der Waals surface area contributed by atoms with Crippen molar-refractivity contribution in [2.24, 2.45) is 0 Å². The quantitative estimate of drug-likeness (QED) is 0.498. The number of nitrogens with zero attached hydrogens (tertiary/aromatic N) is 3. The summed E-state index contributed by atoms with van der Waals surface area (Å²) < 4.78 is 4.51. The molecule has 4 aromatic rings. The Kier molecular flexibility index (Phi) is 5.96. The molecule has 0 amide bonds. The maximum atomic E-state index is 4.07.